The molecule has 0 unspecified atom stereocenters. The lowest BCUT2D eigenvalue weighted by atomic mass is 10.1. The summed E-state index contributed by atoms with van der Waals surface area (Å²) in [6, 6.07) is 16.5. The number of rotatable bonds is 5. The van der Waals surface area contributed by atoms with E-state index in [0.29, 0.717) is 42.6 Å². The normalized spacial score (nSPS) is 12.5. The topological polar surface area (TPSA) is 69.6 Å². The molecule has 0 bridgehead atoms. The number of benzene rings is 2. The number of aromatic nitrogens is 1. The summed E-state index contributed by atoms with van der Waals surface area (Å²) in [6.45, 7) is 3.49. The van der Waals surface area contributed by atoms with Crippen LogP contribution in [-0.4, -0.2) is 29.5 Å². The van der Waals surface area contributed by atoms with Crippen molar-refractivity contribution in [1.29, 1.82) is 0 Å². The summed E-state index contributed by atoms with van der Waals surface area (Å²) >= 11 is 0. The number of nitrogens with zero attached hydrogens (tertiary/aromatic N) is 1. The van der Waals surface area contributed by atoms with Crippen LogP contribution in [0.2, 0.25) is 0 Å². The lowest BCUT2D eigenvalue weighted by Gasteiger charge is -2.19. The Balaban J connectivity index is 1.48. The highest BCUT2D eigenvalue weighted by Crippen LogP contribution is 2.32. The predicted octanol–water partition coefficient (Wildman–Crippen LogP) is 3.44. The minimum absolute atomic E-state index is 0.343. The van der Waals surface area contributed by atoms with E-state index in [1.165, 1.54) is 5.56 Å². The zero-order valence-corrected chi connectivity index (χ0v) is 15.5. The molecule has 1 aromatic heterocycles. The number of amides is 1. The molecule has 142 valence electrons. The first-order chi connectivity index (χ1) is 13.6. The van der Waals surface area contributed by atoms with E-state index in [2.05, 4.69) is 5.32 Å². The molecule has 0 saturated carbocycles. The lowest BCUT2D eigenvalue weighted by molar-refractivity contribution is -0.112. The Kier molecular flexibility index (Phi) is 4.85. The summed E-state index contributed by atoms with van der Waals surface area (Å²) < 4.78 is 12.7. The van der Waals surface area contributed by atoms with Gasteiger partial charge in [0.2, 0.25) is 0 Å². The summed E-state index contributed by atoms with van der Waals surface area (Å²) in [5.74, 6) is -0.102. The first kappa shape index (κ1) is 17.9. The molecule has 2 aromatic carbocycles. The number of aryl methyl sites for hydroxylation is 1. The van der Waals surface area contributed by atoms with Gasteiger partial charge in [-0.15, -0.1) is 0 Å². The van der Waals surface area contributed by atoms with Crippen LogP contribution in [0.1, 0.15) is 21.6 Å². The molecule has 1 N–H and O–H groups in total. The molecule has 6 heteroatoms. The minimum Gasteiger partial charge on any atom is -0.486 e. The maximum absolute atomic E-state index is 12.7. The second-order valence-electron chi connectivity index (χ2n) is 6.65. The maximum atomic E-state index is 12.7. The van der Waals surface area contributed by atoms with Gasteiger partial charge in [-0.2, -0.15) is 0 Å². The molecule has 0 fully saturated rings. The molecule has 2 heterocycles. The second kappa shape index (κ2) is 7.60. The van der Waals surface area contributed by atoms with Crippen molar-refractivity contribution in [3.63, 3.8) is 0 Å². The Morgan fingerprint density at radius 3 is 2.54 bits per heavy atom. The summed E-state index contributed by atoms with van der Waals surface area (Å²) in [5.41, 5.74) is 3.06. The van der Waals surface area contributed by atoms with Crippen LogP contribution >= 0.6 is 0 Å². The van der Waals surface area contributed by atoms with Gasteiger partial charge in [-0.25, -0.2) is 0 Å². The average Bonchev–Trinajstić information content (AvgIpc) is 3.17. The smallest absolute Gasteiger partial charge is 0.298 e. The number of anilines is 1. The zero-order valence-electron chi connectivity index (χ0n) is 15.5. The number of Topliss-reactive ketones (excluding diaryl/α,β-unsaturated/α-hetero) is 1. The molecular formula is C22H20N2O4. The van der Waals surface area contributed by atoms with Crippen LogP contribution in [0.25, 0.3) is 0 Å². The van der Waals surface area contributed by atoms with Crippen molar-refractivity contribution in [3.05, 3.63) is 77.6 Å². The number of nitrogens with one attached hydrogen (secondary N) is 1. The van der Waals surface area contributed by atoms with E-state index in [-0.39, 0.29) is 0 Å². The molecule has 1 aliphatic heterocycles. The van der Waals surface area contributed by atoms with Gasteiger partial charge in [0.1, 0.15) is 13.2 Å². The Morgan fingerprint density at radius 2 is 1.75 bits per heavy atom. The van der Waals surface area contributed by atoms with Crippen LogP contribution in [0.15, 0.2) is 60.8 Å². The molecule has 6 nitrogen and oxygen atoms in total. The third-order valence-electron chi connectivity index (χ3n) is 4.54. The van der Waals surface area contributed by atoms with Crippen LogP contribution < -0.4 is 14.8 Å². The average molecular weight is 376 g/mol. The second-order valence-corrected chi connectivity index (χ2v) is 6.65. The Morgan fingerprint density at radius 1 is 1.00 bits per heavy atom. The fraction of sp³-hybridized carbons (Fsp3) is 0.182. The molecule has 0 atom stereocenters. The fourth-order valence-electron chi connectivity index (χ4n) is 3.07. The van der Waals surface area contributed by atoms with Crippen LogP contribution in [0, 0.1) is 6.92 Å². The molecule has 0 spiro atoms. The highest BCUT2D eigenvalue weighted by molar-refractivity contribution is 6.46. The zero-order chi connectivity index (χ0) is 19.5. The van der Waals surface area contributed by atoms with E-state index in [4.69, 9.17) is 9.47 Å². The fourth-order valence-corrected chi connectivity index (χ4v) is 3.07. The largest absolute Gasteiger partial charge is 0.486 e. The quantitative estimate of drug-likeness (QED) is 0.547. The Labute approximate surface area is 162 Å². The number of fused-ring (bicyclic) bond motifs is 1. The number of hydrogen-bond donors (Lipinski definition) is 1. The molecule has 1 amide bonds. The third kappa shape index (κ3) is 3.76. The van der Waals surface area contributed by atoms with Gasteiger partial charge in [-0.05, 0) is 36.8 Å². The van der Waals surface area contributed by atoms with E-state index in [1.54, 1.807) is 41.1 Å². The first-order valence-electron chi connectivity index (χ1n) is 9.06. The first-order valence-corrected chi connectivity index (χ1v) is 9.06. The van der Waals surface area contributed by atoms with E-state index in [1.807, 2.05) is 31.2 Å². The maximum Gasteiger partial charge on any atom is 0.298 e. The Bertz CT molecular complexity index is 1020. The molecule has 28 heavy (non-hydrogen) atoms. The number of ether oxygens (including phenoxy) is 2. The van der Waals surface area contributed by atoms with E-state index >= 15 is 0 Å². The van der Waals surface area contributed by atoms with E-state index < -0.39 is 11.7 Å². The van der Waals surface area contributed by atoms with Crippen molar-refractivity contribution in [2.24, 2.45) is 0 Å². The molecule has 4 rings (SSSR count). The summed E-state index contributed by atoms with van der Waals surface area (Å²) in [5, 5.41) is 2.64. The van der Waals surface area contributed by atoms with Crippen molar-refractivity contribution in [2.75, 3.05) is 18.5 Å². The van der Waals surface area contributed by atoms with Gasteiger partial charge < -0.3 is 19.4 Å². The van der Waals surface area contributed by atoms with Crippen molar-refractivity contribution in [1.82, 2.24) is 4.57 Å². The van der Waals surface area contributed by atoms with Gasteiger partial charge >= 0.3 is 0 Å². The monoisotopic (exact) mass is 376 g/mol. The van der Waals surface area contributed by atoms with Gasteiger partial charge in [-0.3, -0.25) is 9.59 Å². The number of carbonyl (C=O) groups excluding carboxylic acids is 2. The minimum atomic E-state index is -0.694. The highest BCUT2D eigenvalue weighted by atomic mass is 16.6. The van der Waals surface area contributed by atoms with Gasteiger partial charge in [0.25, 0.3) is 11.7 Å². The summed E-state index contributed by atoms with van der Waals surface area (Å²) in [4.78, 5) is 25.2. The Hall–Kier alpha value is -3.54. The molecule has 0 aliphatic carbocycles. The van der Waals surface area contributed by atoms with Crippen LogP contribution in [0.3, 0.4) is 0 Å². The predicted molar refractivity (Wildman–Crippen MR) is 105 cm³/mol. The van der Waals surface area contributed by atoms with Gasteiger partial charge in [0.15, 0.2) is 11.5 Å². The number of carbonyl (C=O) groups is 2. The molecule has 0 radical (unpaired) electrons. The van der Waals surface area contributed by atoms with Crippen LogP contribution in [-0.2, 0) is 11.3 Å². The lowest BCUT2D eigenvalue weighted by Crippen LogP contribution is -2.25. The third-order valence-corrected chi connectivity index (χ3v) is 4.54. The van der Waals surface area contributed by atoms with Gasteiger partial charge in [-0.1, -0.05) is 29.8 Å². The standard InChI is InChI=1S/C22H20N2O4/c1-15-4-6-16(7-5-15)14-24-10-2-3-18(24)21(25)22(26)23-17-8-9-19-20(13-17)28-12-11-27-19/h2-10,13H,11-12,14H2,1H3,(H,23,26). The number of ketones is 1. The highest BCUT2D eigenvalue weighted by Gasteiger charge is 2.21. The van der Waals surface area contributed by atoms with Gasteiger partial charge in [0.05, 0.1) is 5.69 Å². The number of hydrogen-bond acceptors (Lipinski definition) is 4. The van der Waals surface area contributed by atoms with Crippen molar-refractivity contribution < 1.29 is 19.1 Å². The van der Waals surface area contributed by atoms with Crippen LogP contribution in [0.5, 0.6) is 11.5 Å². The van der Waals surface area contributed by atoms with E-state index in [9.17, 15) is 9.59 Å². The SMILES string of the molecule is Cc1ccc(Cn2cccc2C(=O)C(=O)Nc2ccc3c(c2)OCCO3)cc1. The molecular weight excluding hydrogens is 356 g/mol. The van der Waals surface area contributed by atoms with Crippen molar-refractivity contribution >= 4 is 17.4 Å². The molecule has 0 saturated heterocycles. The summed E-state index contributed by atoms with van der Waals surface area (Å²) in [7, 11) is 0. The molecule has 3 aromatic rings. The van der Waals surface area contributed by atoms with E-state index in [0.717, 1.165) is 5.56 Å². The van der Waals surface area contributed by atoms with Crippen LogP contribution in [0.4, 0.5) is 5.69 Å². The molecule has 1 aliphatic rings. The summed E-state index contributed by atoms with van der Waals surface area (Å²) in [6.07, 6.45) is 1.80. The van der Waals surface area contributed by atoms with Crippen molar-refractivity contribution in [3.8, 4) is 11.5 Å². The van der Waals surface area contributed by atoms with Gasteiger partial charge in [0, 0.05) is 24.5 Å². The van der Waals surface area contributed by atoms with Crippen molar-refractivity contribution in [2.45, 2.75) is 13.5 Å².